The van der Waals surface area contributed by atoms with Crippen molar-refractivity contribution in [3.05, 3.63) is 35.0 Å². The van der Waals surface area contributed by atoms with E-state index in [1.807, 2.05) is 4.90 Å². The predicted molar refractivity (Wildman–Crippen MR) is 95.4 cm³/mol. The number of ether oxygens (including phenoxy) is 1. The number of fused-ring (bicyclic) bond motifs is 1. The van der Waals surface area contributed by atoms with Crippen LogP contribution in [0.15, 0.2) is 18.2 Å². The van der Waals surface area contributed by atoms with Crippen molar-refractivity contribution in [2.24, 2.45) is 0 Å². The molecule has 7 nitrogen and oxygen atoms in total. The van der Waals surface area contributed by atoms with Crippen LogP contribution in [0.5, 0.6) is 5.75 Å². The van der Waals surface area contributed by atoms with Gasteiger partial charge < -0.3 is 14.7 Å². The molecule has 1 aromatic carbocycles. The first-order chi connectivity index (χ1) is 13.2. The van der Waals surface area contributed by atoms with Crippen molar-refractivity contribution in [1.82, 2.24) is 19.6 Å². The van der Waals surface area contributed by atoms with Crippen molar-refractivity contribution in [2.75, 3.05) is 31.2 Å². The molecule has 0 aliphatic carbocycles. The van der Waals surface area contributed by atoms with Crippen molar-refractivity contribution < 1.29 is 23.0 Å². The number of halogens is 3. The maximum Gasteiger partial charge on any atom is 0.416 e. The third-order valence-electron chi connectivity index (χ3n) is 4.67. The number of anilines is 1. The number of hydrogen-bond acceptors (Lipinski definition) is 6. The van der Waals surface area contributed by atoms with Crippen molar-refractivity contribution in [3.63, 3.8) is 0 Å². The standard InChI is InChI=1S/C18H18F3N5O2/c1-10-7-12(18(19,20)21)9-14(27)15(10)13-8-11(2)26-16(22-13)23-17(24-26)25-3-5-28-6-4-25/h7-9,27H,3-6H2,1-2H3. The van der Waals surface area contributed by atoms with Crippen molar-refractivity contribution >= 4 is 11.7 Å². The molecule has 0 radical (unpaired) electrons. The van der Waals surface area contributed by atoms with E-state index in [1.165, 1.54) is 6.92 Å². The average molecular weight is 393 g/mol. The monoisotopic (exact) mass is 393 g/mol. The highest BCUT2D eigenvalue weighted by Gasteiger charge is 2.32. The summed E-state index contributed by atoms with van der Waals surface area (Å²) in [5.41, 5.74) is 0.660. The molecule has 1 N–H and O–H groups in total. The second kappa shape index (κ2) is 6.62. The van der Waals surface area contributed by atoms with Crippen LogP contribution in [-0.2, 0) is 10.9 Å². The van der Waals surface area contributed by atoms with Gasteiger partial charge in [-0.15, -0.1) is 5.10 Å². The lowest BCUT2D eigenvalue weighted by Gasteiger charge is -2.25. The van der Waals surface area contributed by atoms with Gasteiger partial charge in [0.1, 0.15) is 5.75 Å². The normalized spacial score (nSPS) is 15.4. The molecule has 3 aromatic rings. The summed E-state index contributed by atoms with van der Waals surface area (Å²) in [5, 5.41) is 14.7. The van der Waals surface area contributed by atoms with E-state index in [1.54, 1.807) is 17.5 Å². The fourth-order valence-electron chi connectivity index (χ4n) is 3.29. The van der Waals surface area contributed by atoms with E-state index in [0.29, 0.717) is 55.5 Å². The van der Waals surface area contributed by atoms with Crippen LogP contribution < -0.4 is 4.90 Å². The van der Waals surface area contributed by atoms with E-state index in [-0.39, 0.29) is 11.1 Å². The Labute approximate surface area is 158 Å². The summed E-state index contributed by atoms with van der Waals surface area (Å²) in [7, 11) is 0. The highest BCUT2D eigenvalue weighted by atomic mass is 19.4. The number of rotatable bonds is 2. The highest BCUT2D eigenvalue weighted by molar-refractivity contribution is 5.72. The molecular formula is C18H18F3N5O2. The Hall–Kier alpha value is -2.88. The minimum Gasteiger partial charge on any atom is -0.507 e. The van der Waals surface area contributed by atoms with Gasteiger partial charge in [-0.05, 0) is 37.6 Å². The van der Waals surface area contributed by atoms with Crippen molar-refractivity contribution in [3.8, 4) is 17.0 Å². The summed E-state index contributed by atoms with van der Waals surface area (Å²) >= 11 is 0. The summed E-state index contributed by atoms with van der Waals surface area (Å²) in [6, 6.07) is 3.38. The number of morpholine rings is 1. The van der Waals surface area contributed by atoms with Crippen LogP contribution in [0.2, 0.25) is 0 Å². The lowest BCUT2D eigenvalue weighted by molar-refractivity contribution is -0.137. The first-order valence-corrected chi connectivity index (χ1v) is 8.72. The number of aryl methyl sites for hydroxylation is 2. The molecule has 4 rings (SSSR count). The number of phenols is 1. The number of hydrogen-bond donors (Lipinski definition) is 1. The van der Waals surface area contributed by atoms with Crippen LogP contribution in [0, 0.1) is 13.8 Å². The van der Waals surface area contributed by atoms with Gasteiger partial charge >= 0.3 is 6.18 Å². The number of alkyl halides is 3. The number of phenolic OH excluding ortho intramolecular Hbond substituents is 1. The minimum atomic E-state index is -4.53. The maximum atomic E-state index is 13.0. The molecule has 1 saturated heterocycles. The van der Waals surface area contributed by atoms with Crippen molar-refractivity contribution in [2.45, 2.75) is 20.0 Å². The molecule has 10 heteroatoms. The van der Waals surface area contributed by atoms with E-state index in [4.69, 9.17) is 4.74 Å². The Bertz CT molecular complexity index is 1020. The molecule has 0 bridgehead atoms. The predicted octanol–water partition coefficient (Wildman–Crippen LogP) is 2.97. The fraction of sp³-hybridized carbons (Fsp3) is 0.389. The summed E-state index contributed by atoms with van der Waals surface area (Å²) in [4.78, 5) is 10.9. The molecule has 1 aliphatic heterocycles. The molecule has 28 heavy (non-hydrogen) atoms. The molecule has 1 fully saturated rings. The van der Waals surface area contributed by atoms with Crippen LogP contribution in [-0.4, -0.2) is 51.0 Å². The number of nitrogens with zero attached hydrogens (tertiary/aromatic N) is 5. The molecule has 2 aromatic heterocycles. The van der Waals surface area contributed by atoms with E-state index < -0.39 is 17.5 Å². The molecule has 3 heterocycles. The van der Waals surface area contributed by atoms with Gasteiger partial charge in [-0.2, -0.15) is 22.7 Å². The Morgan fingerprint density at radius 1 is 1.07 bits per heavy atom. The number of benzene rings is 1. The lowest BCUT2D eigenvalue weighted by Crippen LogP contribution is -2.36. The number of aromatic nitrogens is 4. The van der Waals surface area contributed by atoms with Crippen LogP contribution in [0.4, 0.5) is 19.1 Å². The summed E-state index contributed by atoms with van der Waals surface area (Å²) < 4.78 is 45.8. The van der Waals surface area contributed by atoms with E-state index in [0.717, 1.165) is 6.07 Å². The molecule has 0 spiro atoms. The van der Waals surface area contributed by atoms with E-state index in [9.17, 15) is 18.3 Å². The summed E-state index contributed by atoms with van der Waals surface area (Å²) in [6.07, 6.45) is -4.53. The highest BCUT2D eigenvalue weighted by Crippen LogP contribution is 2.38. The van der Waals surface area contributed by atoms with Crippen LogP contribution >= 0.6 is 0 Å². The molecule has 0 amide bonds. The van der Waals surface area contributed by atoms with Crippen LogP contribution in [0.3, 0.4) is 0 Å². The average Bonchev–Trinajstić information content (AvgIpc) is 3.06. The lowest BCUT2D eigenvalue weighted by atomic mass is 10.00. The van der Waals surface area contributed by atoms with Gasteiger partial charge in [0.2, 0.25) is 5.95 Å². The number of aromatic hydroxyl groups is 1. The SMILES string of the molecule is Cc1cc(C(F)(F)F)cc(O)c1-c1cc(C)n2nc(N3CCOCC3)nc2n1. The van der Waals surface area contributed by atoms with Gasteiger partial charge in [0.05, 0.1) is 24.5 Å². The van der Waals surface area contributed by atoms with E-state index in [2.05, 4.69) is 15.1 Å². The van der Waals surface area contributed by atoms with Crippen LogP contribution in [0.25, 0.3) is 17.0 Å². The Morgan fingerprint density at radius 2 is 1.79 bits per heavy atom. The fourth-order valence-corrected chi connectivity index (χ4v) is 3.29. The zero-order chi connectivity index (χ0) is 20.1. The van der Waals surface area contributed by atoms with Gasteiger partial charge in [-0.3, -0.25) is 0 Å². The van der Waals surface area contributed by atoms with Crippen LogP contribution in [0.1, 0.15) is 16.8 Å². The molecule has 1 aliphatic rings. The summed E-state index contributed by atoms with van der Waals surface area (Å²) in [5.74, 6) is 0.357. The van der Waals surface area contributed by atoms with Gasteiger partial charge in [-0.25, -0.2) is 4.98 Å². The minimum absolute atomic E-state index is 0.245. The molecule has 0 saturated carbocycles. The quantitative estimate of drug-likeness (QED) is 0.722. The zero-order valence-corrected chi connectivity index (χ0v) is 15.3. The Balaban J connectivity index is 1.79. The smallest absolute Gasteiger partial charge is 0.416 e. The van der Waals surface area contributed by atoms with Gasteiger partial charge in [0.25, 0.3) is 5.78 Å². The largest absolute Gasteiger partial charge is 0.507 e. The maximum absolute atomic E-state index is 13.0. The van der Waals surface area contributed by atoms with E-state index >= 15 is 0 Å². The molecule has 0 unspecified atom stereocenters. The second-order valence-corrected chi connectivity index (χ2v) is 6.69. The second-order valence-electron chi connectivity index (χ2n) is 6.69. The van der Waals surface area contributed by atoms with Crippen molar-refractivity contribution in [1.29, 1.82) is 0 Å². The Morgan fingerprint density at radius 3 is 2.43 bits per heavy atom. The van der Waals surface area contributed by atoms with Gasteiger partial charge in [-0.1, -0.05) is 0 Å². The topological polar surface area (TPSA) is 75.8 Å². The van der Waals surface area contributed by atoms with Gasteiger partial charge in [0.15, 0.2) is 0 Å². The summed E-state index contributed by atoms with van der Waals surface area (Å²) in [6.45, 7) is 5.82. The Kier molecular flexibility index (Phi) is 4.37. The van der Waals surface area contributed by atoms with Gasteiger partial charge in [0, 0.05) is 24.3 Å². The molecular weight excluding hydrogens is 375 g/mol. The molecule has 0 atom stereocenters. The third kappa shape index (κ3) is 3.24. The first-order valence-electron chi connectivity index (χ1n) is 8.72. The third-order valence-corrected chi connectivity index (χ3v) is 4.67. The molecule has 148 valence electrons. The first kappa shape index (κ1) is 18.5. The zero-order valence-electron chi connectivity index (χ0n) is 15.3.